The molecule has 0 bridgehead atoms. The maximum atomic E-state index is 13.6. The maximum absolute atomic E-state index is 13.6. The fourth-order valence-electron chi connectivity index (χ4n) is 2.25. The van der Waals surface area contributed by atoms with Crippen molar-refractivity contribution in [1.82, 2.24) is 14.9 Å². The molecule has 2 rings (SSSR count). The summed E-state index contributed by atoms with van der Waals surface area (Å²) in [7, 11) is 3.49. The first-order valence-electron chi connectivity index (χ1n) is 6.93. The van der Waals surface area contributed by atoms with E-state index in [4.69, 9.17) is 5.73 Å². The average Bonchev–Trinajstić information content (AvgIpc) is 2.46. The minimum Gasteiger partial charge on any atom is -0.370 e. The van der Waals surface area contributed by atoms with E-state index in [1.807, 2.05) is 4.90 Å². The molecule has 7 nitrogen and oxygen atoms in total. The fourth-order valence-corrected chi connectivity index (χ4v) is 2.25. The van der Waals surface area contributed by atoms with Crippen LogP contribution in [0, 0.1) is 5.82 Å². The summed E-state index contributed by atoms with van der Waals surface area (Å²) in [6.07, 6.45) is 1.58. The summed E-state index contributed by atoms with van der Waals surface area (Å²) in [4.78, 5) is 24.9. The molecule has 1 fully saturated rings. The van der Waals surface area contributed by atoms with Crippen molar-refractivity contribution in [2.24, 2.45) is 5.73 Å². The van der Waals surface area contributed by atoms with Gasteiger partial charge < -0.3 is 15.5 Å². The van der Waals surface area contributed by atoms with Crippen molar-refractivity contribution < 1.29 is 9.18 Å². The van der Waals surface area contributed by atoms with Crippen molar-refractivity contribution in [3.63, 3.8) is 0 Å². The van der Waals surface area contributed by atoms with Crippen LogP contribution in [0.3, 0.4) is 0 Å². The topological polar surface area (TPSA) is 78.6 Å². The van der Waals surface area contributed by atoms with Crippen LogP contribution in [-0.2, 0) is 4.79 Å². The number of piperazine rings is 1. The van der Waals surface area contributed by atoms with Crippen LogP contribution < -0.4 is 15.5 Å². The Morgan fingerprint density at radius 2 is 2.05 bits per heavy atom. The van der Waals surface area contributed by atoms with Gasteiger partial charge in [0.1, 0.15) is 0 Å². The first kappa shape index (κ1) is 15.4. The van der Waals surface area contributed by atoms with Gasteiger partial charge in [0.25, 0.3) is 0 Å². The predicted octanol–water partition coefficient (Wildman–Crippen LogP) is -0.321. The highest BCUT2D eigenvalue weighted by Gasteiger charge is 2.20. The number of primary amides is 1. The van der Waals surface area contributed by atoms with E-state index in [0.29, 0.717) is 18.9 Å². The molecule has 1 aliphatic heterocycles. The molecular formula is C13H21FN6O. The van der Waals surface area contributed by atoms with Gasteiger partial charge in [0.15, 0.2) is 11.6 Å². The number of hydrogen-bond acceptors (Lipinski definition) is 6. The number of rotatable bonds is 5. The van der Waals surface area contributed by atoms with Crippen molar-refractivity contribution in [3.8, 4) is 0 Å². The number of aromatic nitrogens is 2. The van der Waals surface area contributed by atoms with Gasteiger partial charge in [-0.3, -0.25) is 9.69 Å². The van der Waals surface area contributed by atoms with Crippen molar-refractivity contribution >= 4 is 17.7 Å². The smallest absolute Gasteiger partial charge is 0.227 e. The fraction of sp³-hybridized carbons (Fsp3) is 0.615. The quantitative estimate of drug-likeness (QED) is 0.802. The third-order valence-corrected chi connectivity index (χ3v) is 3.47. The third kappa shape index (κ3) is 4.01. The summed E-state index contributed by atoms with van der Waals surface area (Å²) in [6, 6.07) is 0. The molecule has 0 radical (unpaired) electrons. The lowest BCUT2D eigenvalue weighted by Crippen LogP contribution is -2.47. The molecule has 2 N–H and O–H groups in total. The van der Waals surface area contributed by atoms with Crippen LogP contribution >= 0.6 is 0 Å². The first-order chi connectivity index (χ1) is 9.97. The molecule has 0 unspecified atom stereocenters. The summed E-state index contributed by atoms with van der Waals surface area (Å²) >= 11 is 0. The molecule has 1 saturated heterocycles. The van der Waals surface area contributed by atoms with Gasteiger partial charge in [-0.2, -0.15) is 4.98 Å². The number of hydrogen-bond donors (Lipinski definition) is 1. The number of nitrogens with two attached hydrogens (primary N) is 1. The lowest BCUT2D eigenvalue weighted by Gasteiger charge is -2.34. The van der Waals surface area contributed by atoms with Crippen LogP contribution in [0.25, 0.3) is 0 Å². The van der Waals surface area contributed by atoms with Crippen molar-refractivity contribution in [2.45, 2.75) is 6.42 Å². The number of carbonyl (C=O) groups is 1. The van der Waals surface area contributed by atoms with Crippen molar-refractivity contribution in [1.29, 1.82) is 0 Å². The Balaban J connectivity index is 1.96. The molecule has 1 aromatic rings. The number of nitrogens with zero attached hydrogens (tertiary/aromatic N) is 5. The Hall–Kier alpha value is -1.96. The zero-order valence-corrected chi connectivity index (χ0v) is 12.4. The molecule has 0 saturated carbocycles. The molecule has 0 aliphatic carbocycles. The summed E-state index contributed by atoms with van der Waals surface area (Å²) in [5.74, 6) is 0.115. The summed E-state index contributed by atoms with van der Waals surface area (Å²) in [6.45, 7) is 3.79. The molecular weight excluding hydrogens is 275 g/mol. The van der Waals surface area contributed by atoms with E-state index >= 15 is 0 Å². The minimum atomic E-state index is -0.427. The third-order valence-electron chi connectivity index (χ3n) is 3.47. The van der Waals surface area contributed by atoms with E-state index in [2.05, 4.69) is 14.9 Å². The zero-order valence-electron chi connectivity index (χ0n) is 12.4. The van der Waals surface area contributed by atoms with E-state index in [9.17, 15) is 9.18 Å². The van der Waals surface area contributed by atoms with E-state index < -0.39 is 5.82 Å². The lowest BCUT2D eigenvalue weighted by molar-refractivity contribution is -0.118. The monoisotopic (exact) mass is 296 g/mol. The molecule has 2 heterocycles. The van der Waals surface area contributed by atoms with Crippen molar-refractivity contribution in [2.75, 3.05) is 56.6 Å². The van der Waals surface area contributed by atoms with E-state index in [1.165, 1.54) is 6.20 Å². The van der Waals surface area contributed by atoms with Gasteiger partial charge in [-0.05, 0) is 0 Å². The van der Waals surface area contributed by atoms with Gasteiger partial charge in [0.2, 0.25) is 11.9 Å². The molecule has 116 valence electrons. The Labute approximate surface area is 123 Å². The normalized spacial score (nSPS) is 16.0. The highest BCUT2D eigenvalue weighted by Crippen LogP contribution is 2.18. The Morgan fingerprint density at radius 1 is 1.38 bits per heavy atom. The van der Waals surface area contributed by atoms with E-state index in [0.717, 1.165) is 26.2 Å². The molecule has 1 amide bonds. The molecule has 1 aromatic heterocycles. The number of anilines is 2. The standard InChI is InChI=1S/C13H21FN6O/c1-18(2)12-10(14)9-16-13(17-12)20-7-5-19(6-8-20)4-3-11(15)21/h9H,3-8H2,1-2H3,(H2,15,21). The maximum Gasteiger partial charge on any atom is 0.227 e. The van der Waals surface area contributed by atoms with Crippen LogP contribution in [0.4, 0.5) is 16.2 Å². The first-order valence-corrected chi connectivity index (χ1v) is 6.93. The Morgan fingerprint density at radius 3 is 2.62 bits per heavy atom. The highest BCUT2D eigenvalue weighted by molar-refractivity contribution is 5.73. The van der Waals surface area contributed by atoms with Gasteiger partial charge >= 0.3 is 0 Å². The van der Waals surface area contributed by atoms with Crippen molar-refractivity contribution in [3.05, 3.63) is 12.0 Å². The average molecular weight is 296 g/mol. The second-order valence-electron chi connectivity index (χ2n) is 5.28. The van der Waals surface area contributed by atoms with Gasteiger partial charge in [-0.25, -0.2) is 9.37 Å². The molecule has 1 aliphatic rings. The molecule has 21 heavy (non-hydrogen) atoms. The minimum absolute atomic E-state index is 0.282. The molecule has 0 aromatic carbocycles. The second-order valence-corrected chi connectivity index (χ2v) is 5.28. The van der Waals surface area contributed by atoms with Gasteiger partial charge in [0, 0.05) is 53.2 Å². The Kier molecular flexibility index (Phi) is 4.89. The lowest BCUT2D eigenvalue weighted by atomic mass is 10.3. The van der Waals surface area contributed by atoms with Crippen LogP contribution in [-0.4, -0.2) is 67.6 Å². The summed E-state index contributed by atoms with van der Waals surface area (Å²) in [5, 5.41) is 0. The molecule has 0 atom stereocenters. The molecule has 8 heteroatoms. The van der Waals surface area contributed by atoms with Crippen LogP contribution in [0.5, 0.6) is 0 Å². The van der Waals surface area contributed by atoms with E-state index in [1.54, 1.807) is 19.0 Å². The Bertz CT molecular complexity index is 501. The van der Waals surface area contributed by atoms with Gasteiger partial charge in [-0.15, -0.1) is 0 Å². The predicted molar refractivity (Wildman–Crippen MR) is 78.8 cm³/mol. The van der Waals surface area contributed by atoms with Gasteiger partial charge in [-0.1, -0.05) is 0 Å². The number of amides is 1. The van der Waals surface area contributed by atoms with Crippen LogP contribution in [0.1, 0.15) is 6.42 Å². The largest absolute Gasteiger partial charge is 0.370 e. The SMILES string of the molecule is CN(C)c1nc(N2CCN(CCC(N)=O)CC2)ncc1F. The number of carbonyl (C=O) groups excluding carboxylic acids is 1. The molecule has 0 spiro atoms. The zero-order chi connectivity index (χ0) is 15.4. The summed E-state index contributed by atoms with van der Waals surface area (Å²) in [5.41, 5.74) is 5.15. The summed E-state index contributed by atoms with van der Waals surface area (Å²) < 4.78 is 13.6. The van der Waals surface area contributed by atoms with Gasteiger partial charge in [0.05, 0.1) is 6.20 Å². The highest BCUT2D eigenvalue weighted by atomic mass is 19.1. The van der Waals surface area contributed by atoms with Crippen LogP contribution in [0.15, 0.2) is 6.20 Å². The van der Waals surface area contributed by atoms with Crippen LogP contribution in [0.2, 0.25) is 0 Å². The van der Waals surface area contributed by atoms with E-state index in [-0.39, 0.29) is 11.7 Å². The number of halogens is 1. The second kappa shape index (κ2) is 6.66.